The van der Waals surface area contributed by atoms with Crippen LogP contribution in [0.1, 0.15) is 52.4 Å². The van der Waals surface area contributed by atoms with Crippen molar-refractivity contribution in [3.63, 3.8) is 0 Å². The van der Waals surface area contributed by atoms with E-state index in [4.69, 9.17) is 9.84 Å². The van der Waals surface area contributed by atoms with Crippen LogP contribution in [0.4, 0.5) is 4.79 Å². The third-order valence-corrected chi connectivity index (χ3v) is 3.28. The maximum atomic E-state index is 11.7. The molecular formula is C17H29NO4. The van der Waals surface area contributed by atoms with E-state index in [1.807, 2.05) is 19.9 Å². The Bertz CT molecular complexity index is 377. The summed E-state index contributed by atoms with van der Waals surface area (Å²) in [6.45, 7) is 11.4. The van der Waals surface area contributed by atoms with Crippen molar-refractivity contribution in [2.24, 2.45) is 5.41 Å². The first-order valence-electron chi connectivity index (χ1n) is 7.70. The first-order valence-corrected chi connectivity index (χ1v) is 7.70. The van der Waals surface area contributed by atoms with Gasteiger partial charge < -0.3 is 15.2 Å². The zero-order valence-electron chi connectivity index (χ0n) is 13.8. The molecule has 0 heterocycles. The second-order valence-corrected chi connectivity index (χ2v) is 6.19. The second kappa shape index (κ2) is 10.9. The van der Waals surface area contributed by atoms with Gasteiger partial charge in [-0.05, 0) is 25.7 Å². The number of allylic oxidation sites excluding steroid dienone is 2. The lowest BCUT2D eigenvalue weighted by molar-refractivity contribution is -0.139. The monoisotopic (exact) mass is 311 g/mol. The molecule has 126 valence electrons. The summed E-state index contributed by atoms with van der Waals surface area (Å²) >= 11 is 0. The lowest BCUT2D eigenvalue weighted by Gasteiger charge is -2.23. The maximum absolute atomic E-state index is 11.7. The van der Waals surface area contributed by atoms with Crippen molar-refractivity contribution < 1.29 is 19.4 Å². The van der Waals surface area contributed by atoms with Crippen molar-refractivity contribution in [1.82, 2.24) is 5.32 Å². The number of unbranched alkanes of at least 4 members (excludes halogenated alkanes) is 3. The van der Waals surface area contributed by atoms with Gasteiger partial charge >= 0.3 is 12.1 Å². The van der Waals surface area contributed by atoms with Gasteiger partial charge in [0.05, 0.1) is 6.61 Å². The molecule has 5 heteroatoms. The highest BCUT2D eigenvalue weighted by molar-refractivity contribution is 5.79. The number of carboxylic acids is 1. The molecule has 22 heavy (non-hydrogen) atoms. The Balaban J connectivity index is 4.15. The van der Waals surface area contributed by atoms with E-state index in [2.05, 4.69) is 18.5 Å². The van der Waals surface area contributed by atoms with Gasteiger partial charge in [-0.2, -0.15) is 0 Å². The molecule has 0 saturated carbocycles. The van der Waals surface area contributed by atoms with Crippen LogP contribution in [0.25, 0.3) is 0 Å². The molecule has 0 radical (unpaired) electrons. The van der Waals surface area contributed by atoms with Crippen LogP contribution in [-0.4, -0.2) is 29.8 Å². The molecule has 0 unspecified atom stereocenters. The largest absolute Gasteiger partial charge is 0.480 e. The summed E-state index contributed by atoms with van der Waals surface area (Å²) in [5.41, 5.74) is -0.206. The van der Waals surface area contributed by atoms with Crippen molar-refractivity contribution in [3.05, 3.63) is 25.3 Å². The van der Waals surface area contributed by atoms with Crippen LogP contribution in [-0.2, 0) is 9.53 Å². The fourth-order valence-electron chi connectivity index (χ4n) is 1.97. The third kappa shape index (κ3) is 10.0. The van der Waals surface area contributed by atoms with Crippen LogP contribution in [0.5, 0.6) is 0 Å². The summed E-state index contributed by atoms with van der Waals surface area (Å²) < 4.78 is 5.11. The Kier molecular flexibility index (Phi) is 10.00. The van der Waals surface area contributed by atoms with Gasteiger partial charge in [0.25, 0.3) is 0 Å². The Morgan fingerprint density at radius 2 is 1.91 bits per heavy atom. The van der Waals surface area contributed by atoms with E-state index in [0.717, 1.165) is 25.7 Å². The molecule has 1 atom stereocenters. The highest BCUT2D eigenvalue weighted by Crippen LogP contribution is 2.20. The Morgan fingerprint density at radius 3 is 2.45 bits per heavy atom. The Morgan fingerprint density at radius 1 is 1.23 bits per heavy atom. The van der Waals surface area contributed by atoms with E-state index in [0.29, 0.717) is 12.8 Å². The standard InChI is InChI=1S/C17H29NO4/c1-5-7-8-9-10-11-14(15(19)20)18-16(21)22-13-17(3,4)12-6-2/h5-6,14H,1-2,7-13H2,3-4H3,(H,18,21)(H,19,20)/t14-/m0/s1. The minimum atomic E-state index is -1.04. The smallest absolute Gasteiger partial charge is 0.407 e. The van der Waals surface area contributed by atoms with Gasteiger partial charge in [-0.25, -0.2) is 9.59 Å². The summed E-state index contributed by atoms with van der Waals surface area (Å²) in [5, 5.41) is 11.6. The molecular weight excluding hydrogens is 282 g/mol. The molecule has 0 bridgehead atoms. The van der Waals surface area contributed by atoms with Gasteiger partial charge in [-0.1, -0.05) is 38.8 Å². The molecule has 0 aliphatic rings. The normalized spacial score (nSPS) is 12.3. The molecule has 0 aromatic rings. The van der Waals surface area contributed by atoms with Gasteiger partial charge in [0.1, 0.15) is 6.04 Å². The number of hydrogen-bond donors (Lipinski definition) is 2. The van der Waals surface area contributed by atoms with E-state index < -0.39 is 18.1 Å². The minimum absolute atomic E-state index is 0.206. The summed E-state index contributed by atoms with van der Waals surface area (Å²) in [6, 6.07) is -0.904. The first kappa shape index (κ1) is 20.2. The summed E-state index contributed by atoms with van der Waals surface area (Å²) in [5.74, 6) is -1.04. The molecule has 1 amide bonds. The third-order valence-electron chi connectivity index (χ3n) is 3.28. The molecule has 5 nitrogen and oxygen atoms in total. The van der Waals surface area contributed by atoms with Crippen LogP contribution >= 0.6 is 0 Å². The van der Waals surface area contributed by atoms with Crippen LogP contribution in [0.2, 0.25) is 0 Å². The van der Waals surface area contributed by atoms with Crippen molar-refractivity contribution in [2.75, 3.05) is 6.61 Å². The van der Waals surface area contributed by atoms with Crippen LogP contribution in [0, 0.1) is 5.41 Å². The molecule has 0 spiro atoms. The zero-order valence-corrected chi connectivity index (χ0v) is 13.8. The van der Waals surface area contributed by atoms with Crippen molar-refractivity contribution in [1.29, 1.82) is 0 Å². The quantitative estimate of drug-likeness (QED) is 0.423. The van der Waals surface area contributed by atoms with E-state index in [-0.39, 0.29) is 12.0 Å². The van der Waals surface area contributed by atoms with E-state index in [9.17, 15) is 9.59 Å². The number of aliphatic carboxylic acids is 1. The molecule has 0 aliphatic heterocycles. The summed E-state index contributed by atoms with van der Waals surface area (Å²) in [4.78, 5) is 22.9. The molecule has 0 aromatic heterocycles. The predicted molar refractivity (Wildman–Crippen MR) is 87.8 cm³/mol. The lowest BCUT2D eigenvalue weighted by atomic mass is 9.91. The fraction of sp³-hybridized carbons (Fsp3) is 0.647. The van der Waals surface area contributed by atoms with Gasteiger partial charge in [0.2, 0.25) is 0 Å². The highest BCUT2D eigenvalue weighted by atomic mass is 16.5. The SMILES string of the molecule is C=CCCCCC[C@H](NC(=O)OCC(C)(C)CC=C)C(=O)O. The van der Waals surface area contributed by atoms with Gasteiger partial charge in [-0.3, -0.25) is 0 Å². The molecule has 0 saturated heterocycles. The number of ether oxygens (including phenoxy) is 1. The van der Waals surface area contributed by atoms with E-state index >= 15 is 0 Å². The number of alkyl carbamates (subject to hydrolysis) is 1. The molecule has 0 aromatic carbocycles. The number of amides is 1. The second-order valence-electron chi connectivity index (χ2n) is 6.19. The number of carbonyl (C=O) groups is 2. The average molecular weight is 311 g/mol. The van der Waals surface area contributed by atoms with Crippen LogP contribution in [0.15, 0.2) is 25.3 Å². The molecule has 0 aliphatic carbocycles. The van der Waals surface area contributed by atoms with E-state index in [1.165, 1.54) is 0 Å². The van der Waals surface area contributed by atoms with Gasteiger partial charge in [0.15, 0.2) is 0 Å². The topological polar surface area (TPSA) is 75.6 Å². The summed E-state index contributed by atoms with van der Waals surface area (Å²) in [6.07, 6.45) is 7.60. The van der Waals surface area contributed by atoms with E-state index in [1.54, 1.807) is 6.08 Å². The van der Waals surface area contributed by atoms with Gasteiger partial charge in [-0.15, -0.1) is 13.2 Å². The fourth-order valence-corrected chi connectivity index (χ4v) is 1.97. The molecule has 0 fully saturated rings. The van der Waals surface area contributed by atoms with Crippen molar-refractivity contribution in [2.45, 2.75) is 58.4 Å². The summed E-state index contributed by atoms with van der Waals surface area (Å²) in [7, 11) is 0. The zero-order chi connectivity index (χ0) is 17.0. The Labute approximate surface area is 133 Å². The van der Waals surface area contributed by atoms with Crippen LogP contribution < -0.4 is 5.32 Å². The number of rotatable bonds is 12. The predicted octanol–water partition coefficient (Wildman–Crippen LogP) is 3.90. The minimum Gasteiger partial charge on any atom is -0.480 e. The lowest BCUT2D eigenvalue weighted by Crippen LogP contribution is -2.41. The number of carbonyl (C=O) groups excluding carboxylic acids is 1. The van der Waals surface area contributed by atoms with Gasteiger partial charge in [0, 0.05) is 5.41 Å². The number of carboxylic acid groups (broad SMARTS) is 1. The number of nitrogens with one attached hydrogen (secondary N) is 1. The van der Waals surface area contributed by atoms with Crippen molar-refractivity contribution in [3.8, 4) is 0 Å². The highest BCUT2D eigenvalue weighted by Gasteiger charge is 2.23. The maximum Gasteiger partial charge on any atom is 0.407 e. The van der Waals surface area contributed by atoms with Crippen molar-refractivity contribution >= 4 is 12.1 Å². The molecule has 2 N–H and O–H groups in total. The first-order chi connectivity index (χ1) is 10.3. The average Bonchev–Trinajstić information content (AvgIpc) is 2.43. The van der Waals surface area contributed by atoms with Crippen LogP contribution in [0.3, 0.4) is 0 Å². The number of hydrogen-bond acceptors (Lipinski definition) is 3. The Hall–Kier alpha value is -1.78. The molecule has 0 rings (SSSR count).